The molecule has 0 radical (unpaired) electrons. The van der Waals surface area contributed by atoms with E-state index in [4.69, 9.17) is 0 Å². The largest absolute Gasteiger partial charge is 0.299 e. The van der Waals surface area contributed by atoms with Crippen LogP contribution >= 0.6 is 0 Å². The summed E-state index contributed by atoms with van der Waals surface area (Å²) in [6, 6.07) is 10.1. The van der Waals surface area contributed by atoms with Crippen molar-refractivity contribution in [1.82, 2.24) is 9.38 Å². The molecule has 2 heterocycles. The van der Waals surface area contributed by atoms with Crippen LogP contribution in [0, 0.1) is 20.8 Å². The molecule has 2 aromatic heterocycles. The molecule has 0 amide bonds. The Morgan fingerprint density at radius 1 is 1.05 bits per heavy atom. The van der Waals surface area contributed by atoms with E-state index >= 15 is 0 Å². The number of benzene rings is 1. The summed E-state index contributed by atoms with van der Waals surface area (Å²) >= 11 is 0. The molecule has 0 spiro atoms. The molecule has 100 valence electrons. The average Bonchev–Trinajstić information content (AvgIpc) is 2.82. The van der Waals surface area contributed by atoms with E-state index in [1.54, 1.807) is 0 Å². The third kappa shape index (κ3) is 1.83. The Hall–Kier alpha value is -2.42. The first-order valence-electron chi connectivity index (χ1n) is 6.62. The maximum atomic E-state index is 11.2. The van der Waals surface area contributed by atoms with Crippen LogP contribution in [0.2, 0.25) is 0 Å². The molecule has 3 aromatic rings. The molecule has 0 N–H and O–H groups in total. The van der Waals surface area contributed by atoms with Gasteiger partial charge < -0.3 is 0 Å². The van der Waals surface area contributed by atoms with Gasteiger partial charge in [0.25, 0.3) is 0 Å². The zero-order chi connectivity index (χ0) is 14.3. The SMILES string of the molecule is Cc1cc(C)c(-c2nc(C=O)c3ccccn23)cc1C. The second-order valence-electron chi connectivity index (χ2n) is 5.15. The molecule has 3 heteroatoms. The molecule has 0 aliphatic carbocycles. The molecular weight excluding hydrogens is 248 g/mol. The van der Waals surface area contributed by atoms with Crippen LogP contribution in [0.3, 0.4) is 0 Å². The van der Waals surface area contributed by atoms with E-state index in [0.717, 1.165) is 23.2 Å². The average molecular weight is 264 g/mol. The Labute approximate surface area is 117 Å². The number of nitrogens with zero attached hydrogens (tertiary/aromatic N) is 2. The van der Waals surface area contributed by atoms with Gasteiger partial charge in [-0.2, -0.15) is 0 Å². The van der Waals surface area contributed by atoms with Crippen LogP contribution in [0.5, 0.6) is 0 Å². The highest BCUT2D eigenvalue weighted by Gasteiger charge is 2.14. The summed E-state index contributed by atoms with van der Waals surface area (Å²) in [6.07, 6.45) is 2.76. The Morgan fingerprint density at radius 2 is 1.80 bits per heavy atom. The fraction of sp³-hybridized carbons (Fsp3) is 0.176. The predicted molar refractivity (Wildman–Crippen MR) is 80.2 cm³/mol. The van der Waals surface area contributed by atoms with Crippen LogP contribution < -0.4 is 0 Å². The van der Waals surface area contributed by atoms with Gasteiger partial charge in [-0.05, 0) is 55.7 Å². The molecule has 1 aromatic carbocycles. The van der Waals surface area contributed by atoms with Gasteiger partial charge in [0.05, 0.1) is 5.52 Å². The van der Waals surface area contributed by atoms with Gasteiger partial charge >= 0.3 is 0 Å². The number of imidazole rings is 1. The molecule has 3 nitrogen and oxygen atoms in total. The van der Waals surface area contributed by atoms with Crippen molar-refractivity contribution >= 4 is 11.8 Å². The molecule has 0 saturated heterocycles. The third-order valence-electron chi connectivity index (χ3n) is 3.77. The van der Waals surface area contributed by atoms with E-state index < -0.39 is 0 Å². The van der Waals surface area contributed by atoms with E-state index in [0.29, 0.717) is 5.69 Å². The molecule has 0 aliphatic rings. The van der Waals surface area contributed by atoms with Crippen molar-refractivity contribution < 1.29 is 4.79 Å². The van der Waals surface area contributed by atoms with Gasteiger partial charge in [0, 0.05) is 11.8 Å². The van der Waals surface area contributed by atoms with E-state index in [2.05, 4.69) is 37.9 Å². The van der Waals surface area contributed by atoms with Crippen molar-refractivity contribution in [3.05, 3.63) is 58.9 Å². The number of hydrogen-bond donors (Lipinski definition) is 0. The van der Waals surface area contributed by atoms with Crippen molar-refractivity contribution in [2.75, 3.05) is 0 Å². The number of aryl methyl sites for hydroxylation is 3. The van der Waals surface area contributed by atoms with Crippen LogP contribution in [0.15, 0.2) is 36.5 Å². The summed E-state index contributed by atoms with van der Waals surface area (Å²) in [6.45, 7) is 6.27. The molecule has 0 fully saturated rings. The Morgan fingerprint density at radius 3 is 2.55 bits per heavy atom. The Bertz CT molecular complexity index is 815. The fourth-order valence-corrected chi connectivity index (χ4v) is 2.54. The standard InChI is InChI=1S/C17H16N2O/c1-11-8-13(3)14(9-12(11)2)17-18-15(10-20)16-6-4-5-7-19(16)17/h4-10H,1-3H3. The van der Waals surface area contributed by atoms with Crippen molar-refractivity contribution in [3.8, 4) is 11.4 Å². The zero-order valence-corrected chi connectivity index (χ0v) is 11.8. The summed E-state index contributed by atoms with van der Waals surface area (Å²) in [5, 5.41) is 0. The number of aldehydes is 1. The number of carbonyl (C=O) groups is 1. The first kappa shape index (κ1) is 12.6. The number of aromatic nitrogens is 2. The van der Waals surface area contributed by atoms with E-state index in [9.17, 15) is 4.79 Å². The monoisotopic (exact) mass is 264 g/mol. The topological polar surface area (TPSA) is 34.4 Å². The number of rotatable bonds is 2. The summed E-state index contributed by atoms with van der Waals surface area (Å²) in [5.41, 5.74) is 6.06. The summed E-state index contributed by atoms with van der Waals surface area (Å²) in [5.74, 6) is 0.823. The molecule has 0 aliphatic heterocycles. The molecule has 0 bridgehead atoms. The van der Waals surface area contributed by atoms with Gasteiger partial charge in [0.1, 0.15) is 11.5 Å². The highest BCUT2D eigenvalue weighted by molar-refractivity contribution is 5.86. The molecule has 0 unspecified atom stereocenters. The van der Waals surface area contributed by atoms with Crippen molar-refractivity contribution in [3.63, 3.8) is 0 Å². The quantitative estimate of drug-likeness (QED) is 0.661. The van der Waals surface area contributed by atoms with Crippen LogP contribution in [0.25, 0.3) is 16.9 Å². The minimum absolute atomic E-state index is 0.484. The van der Waals surface area contributed by atoms with E-state index in [1.807, 2.05) is 28.8 Å². The van der Waals surface area contributed by atoms with Gasteiger partial charge in [-0.3, -0.25) is 9.20 Å². The van der Waals surface area contributed by atoms with Crippen LogP contribution in [0.4, 0.5) is 0 Å². The summed E-state index contributed by atoms with van der Waals surface area (Å²) in [7, 11) is 0. The molecule has 0 atom stereocenters. The second kappa shape index (κ2) is 4.60. The van der Waals surface area contributed by atoms with Gasteiger partial charge in [-0.15, -0.1) is 0 Å². The first-order valence-corrected chi connectivity index (χ1v) is 6.62. The number of carbonyl (C=O) groups excluding carboxylic acids is 1. The lowest BCUT2D eigenvalue weighted by Gasteiger charge is -2.09. The molecule has 20 heavy (non-hydrogen) atoms. The summed E-state index contributed by atoms with van der Waals surface area (Å²) < 4.78 is 1.97. The lowest BCUT2D eigenvalue weighted by Crippen LogP contribution is -1.93. The minimum atomic E-state index is 0.484. The van der Waals surface area contributed by atoms with Gasteiger partial charge in [0.2, 0.25) is 0 Å². The Kier molecular flexibility index (Phi) is 2.90. The highest BCUT2D eigenvalue weighted by atomic mass is 16.1. The number of hydrogen-bond acceptors (Lipinski definition) is 2. The predicted octanol–water partition coefficient (Wildman–Crippen LogP) is 3.74. The number of pyridine rings is 1. The lowest BCUT2D eigenvalue weighted by atomic mass is 10.0. The summed E-state index contributed by atoms with van der Waals surface area (Å²) in [4.78, 5) is 15.7. The highest BCUT2D eigenvalue weighted by Crippen LogP contribution is 2.27. The van der Waals surface area contributed by atoms with E-state index in [1.165, 1.54) is 16.7 Å². The van der Waals surface area contributed by atoms with Crippen LogP contribution in [0.1, 0.15) is 27.2 Å². The maximum Gasteiger partial charge on any atom is 0.170 e. The second-order valence-corrected chi connectivity index (χ2v) is 5.15. The van der Waals surface area contributed by atoms with Crippen molar-refractivity contribution in [2.24, 2.45) is 0 Å². The van der Waals surface area contributed by atoms with E-state index in [-0.39, 0.29) is 0 Å². The van der Waals surface area contributed by atoms with Crippen LogP contribution in [-0.4, -0.2) is 15.7 Å². The molecule has 3 rings (SSSR count). The zero-order valence-electron chi connectivity index (χ0n) is 11.8. The van der Waals surface area contributed by atoms with Gasteiger partial charge in [0.15, 0.2) is 6.29 Å². The maximum absolute atomic E-state index is 11.2. The normalized spacial score (nSPS) is 10.9. The number of fused-ring (bicyclic) bond motifs is 1. The first-order chi connectivity index (χ1) is 9.61. The smallest absolute Gasteiger partial charge is 0.170 e. The van der Waals surface area contributed by atoms with Crippen molar-refractivity contribution in [2.45, 2.75) is 20.8 Å². The Balaban J connectivity index is 2.35. The van der Waals surface area contributed by atoms with Gasteiger partial charge in [-0.1, -0.05) is 12.1 Å². The lowest BCUT2D eigenvalue weighted by molar-refractivity contribution is 0.112. The van der Waals surface area contributed by atoms with Crippen LogP contribution in [-0.2, 0) is 0 Å². The van der Waals surface area contributed by atoms with Gasteiger partial charge in [-0.25, -0.2) is 4.98 Å². The minimum Gasteiger partial charge on any atom is -0.299 e. The fourth-order valence-electron chi connectivity index (χ4n) is 2.54. The third-order valence-corrected chi connectivity index (χ3v) is 3.77. The van der Waals surface area contributed by atoms with Crippen molar-refractivity contribution in [1.29, 1.82) is 0 Å². The molecular formula is C17H16N2O. The molecule has 0 saturated carbocycles.